The van der Waals surface area contributed by atoms with Gasteiger partial charge in [-0.2, -0.15) is 0 Å². The summed E-state index contributed by atoms with van der Waals surface area (Å²) in [6.45, 7) is 1.78. The van der Waals surface area contributed by atoms with Gasteiger partial charge in [-0.1, -0.05) is 6.92 Å². The number of ketones is 1. The van der Waals surface area contributed by atoms with Gasteiger partial charge in [0.25, 0.3) is 0 Å². The first-order valence-electron chi connectivity index (χ1n) is 7.46. The smallest absolute Gasteiger partial charge is 0.242 e. The highest BCUT2D eigenvalue weighted by Crippen LogP contribution is 1.95. The zero-order valence-electron chi connectivity index (χ0n) is 15.0. The lowest BCUT2D eigenvalue weighted by atomic mass is 10.3. The fourth-order valence-corrected chi connectivity index (χ4v) is 1.68. The van der Waals surface area contributed by atoms with Crippen LogP contribution in [0.5, 0.6) is 0 Å². The molecule has 23 heavy (non-hydrogen) atoms. The second-order valence-electron chi connectivity index (χ2n) is 5.88. The van der Waals surface area contributed by atoms with Crippen LogP contribution >= 0.6 is 0 Å². The van der Waals surface area contributed by atoms with E-state index in [2.05, 4.69) is 0 Å². The highest BCUT2D eigenvalue weighted by molar-refractivity contribution is 5.90. The minimum absolute atomic E-state index is 0.0381. The van der Waals surface area contributed by atoms with Crippen molar-refractivity contribution in [2.45, 2.75) is 13.3 Å². The molecule has 0 rings (SSSR count). The molecule has 0 aromatic heterocycles. The van der Waals surface area contributed by atoms with Gasteiger partial charge >= 0.3 is 0 Å². The van der Waals surface area contributed by atoms with Gasteiger partial charge in [0.05, 0.1) is 26.2 Å². The third kappa shape index (κ3) is 8.29. The maximum atomic E-state index is 12.1. The zero-order chi connectivity index (χ0) is 18.2. The first kappa shape index (κ1) is 21.0. The van der Waals surface area contributed by atoms with E-state index < -0.39 is 0 Å². The van der Waals surface area contributed by atoms with E-state index in [1.54, 1.807) is 33.0 Å². The Kier molecular flexibility index (Phi) is 9.09. The lowest BCUT2D eigenvalue weighted by molar-refractivity contribution is -0.142. The molecule has 8 nitrogen and oxygen atoms in total. The Hall–Kier alpha value is -1.96. The van der Waals surface area contributed by atoms with Gasteiger partial charge < -0.3 is 19.6 Å². The molecule has 8 heteroatoms. The van der Waals surface area contributed by atoms with E-state index in [4.69, 9.17) is 0 Å². The predicted octanol–water partition coefficient (Wildman–Crippen LogP) is -1.10. The summed E-state index contributed by atoms with van der Waals surface area (Å²) in [5, 5.41) is 0. The molecule has 0 aliphatic carbocycles. The van der Waals surface area contributed by atoms with Crippen molar-refractivity contribution in [3.63, 3.8) is 0 Å². The molecule has 0 aliphatic heterocycles. The quantitative estimate of drug-likeness (QED) is 0.537. The molecule has 0 radical (unpaired) electrons. The number of amides is 3. The first-order chi connectivity index (χ1) is 10.6. The van der Waals surface area contributed by atoms with Gasteiger partial charge in [-0.15, -0.1) is 0 Å². The van der Waals surface area contributed by atoms with Crippen LogP contribution in [0.4, 0.5) is 0 Å². The number of carbonyl (C=O) groups is 4. The van der Waals surface area contributed by atoms with Crippen molar-refractivity contribution < 1.29 is 19.2 Å². The number of Topliss-reactive ketones (excluding diaryl/α,β-unsaturated/α-hetero) is 1. The fourth-order valence-electron chi connectivity index (χ4n) is 1.68. The van der Waals surface area contributed by atoms with Crippen LogP contribution in [0.2, 0.25) is 0 Å². The molecule has 3 amide bonds. The summed E-state index contributed by atoms with van der Waals surface area (Å²) in [5.41, 5.74) is 0. The van der Waals surface area contributed by atoms with Gasteiger partial charge in [-0.3, -0.25) is 19.2 Å². The molecule has 132 valence electrons. The number of likely N-dealkylation sites (N-methyl/N-ethyl adjacent to an activating group) is 4. The van der Waals surface area contributed by atoms with Gasteiger partial charge in [0.1, 0.15) is 0 Å². The summed E-state index contributed by atoms with van der Waals surface area (Å²) in [6.07, 6.45) is 0.366. The predicted molar refractivity (Wildman–Crippen MR) is 86.8 cm³/mol. The maximum absolute atomic E-state index is 12.1. The maximum Gasteiger partial charge on any atom is 0.242 e. The van der Waals surface area contributed by atoms with Crippen molar-refractivity contribution in [3.8, 4) is 0 Å². The summed E-state index contributed by atoms with van der Waals surface area (Å²) >= 11 is 0. The molecule has 0 saturated heterocycles. The molecule has 0 atom stereocenters. The molecule has 0 N–H and O–H groups in total. The molecule has 0 fully saturated rings. The van der Waals surface area contributed by atoms with Gasteiger partial charge in [-0.05, 0) is 14.1 Å². The summed E-state index contributed by atoms with van der Waals surface area (Å²) in [7, 11) is 8.11. The fraction of sp³-hybridized carbons (Fsp3) is 0.733. The lowest BCUT2D eigenvalue weighted by Gasteiger charge is -2.24. The van der Waals surface area contributed by atoms with E-state index in [0.29, 0.717) is 6.42 Å². The molecule has 0 aromatic rings. The van der Waals surface area contributed by atoms with E-state index in [1.807, 2.05) is 0 Å². The Labute approximate surface area is 138 Å². The van der Waals surface area contributed by atoms with Crippen LogP contribution in [-0.4, -0.2) is 105 Å². The summed E-state index contributed by atoms with van der Waals surface area (Å²) in [5.74, 6) is -0.856. The number of hydrogen-bond donors (Lipinski definition) is 0. The van der Waals surface area contributed by atoms with Crippen LogP contribution in [0.15, 0.2) is 0 Å². The summed E-state index contributed by atoms with van der Waals surface area (Å²) in [6, 6.07) is 0. The average Bonchev–Trinajstić information content (AvgIpc) is 2.45. The Bertz CT molecular complexity index is 451. The van der Waals surface area contributed by atoms with Crippen molar-refractivity contribution in [2.24, 2.45) is 0 Å². The average molecular weight is 328 g/mol. The Morgan fingerprint density at radius 3 is 1.30 bits per heavy atom. The van der Waals surface area contributed by atoms with Gasteiger partial charge in [0.2, 0.25) is 17.7 Å². The van der Waals surface area contributed by atoms with Crippen LogP contribution < -0.4 is 0 Å². The molecule has 0 aliphatic rings. The van der Waals surface area contributed by atoms with Gasteiger partial charge in [0.15, 0.2) is 5.78 Å². The van der Waals surface area contributed by atoms with Crippen molar-refractivity contribution in [3.05, 3.63) is 0 Å². The second-order valence-corrected chi connectivity index (χ2v) is 5.88. The minimum atomic E-state index is -0.330. The van der Waals surface area contributed by atoms with Crippen molar-refractivity contribution >= 4 is 23.5 Å². The third-order valence-electron chi connectivity index (χ3n) is 3.28. The SMILES string of the molecule is CCC(=O)CN(C)C(=O)CN(C)C(=O)CN(C)C(=O)CN(C)C. The lowest BCUT2D eigenvalue weighted by Crippen LogP contribution is -2.46. The van der Waals surface area contributed by atoms with Crippen LogP contribution in [0.25, 0.3) is 0 Å². The Morgan fingerprint density at radius 2 is 0.957 bits per heavy atom. The molecule has 0 saturated carbocycles. The van der Waals surface area contributed by atoms with E-state index in [9.17, 15) is 19.2 Å². The molecule has 0 spiro atoms. The largest absolute Gasteiger partial charge is 0.337 e. The van der Waals surface area contributed by atoms with Crippen LogP contribution in [0, 0.1) is 0 Å². The van der Waals surface area contributed by atoms with Gasteiger partial charge in [0, 0.05) is 27.6 Å². The Balaban J connectivity index is 4.41. The normalized spacial score (nSPS) is 10.4. The van der Waals surface area contributed by atoms with E-state index in [0.717, 1.165) is 0 Å². The van der Waals surface area contributed by atoms with Crippen molar-refractivity contribution in [1.82, 2.24) is 19.6 Å². The molecular formula is C15H28N4O4. The second kappa shape index (κ2) is 9.94. The monoisotopic (exact) mass is 328 g/mol. The molecule has 0 aromatic carbocycles. The van der Waals surface area contributed by atoms with Gasteiger partial charge in [-0.25, -0.2) is 0 Å². The summed E-state index contributed by atoms with van der Waals surface area (Å²) < 4.78 is 0. The molecule has 0 bridgehead atoms. The number of hydrogen-bond acceptors (Lipinski definition) is 5. The summed E-state index contributed by atoms with van der Waals surface area (Å²) in [4.78, 5) is 52.8. The number of carbonyl (C=O) groups excluding carboxylic acids is 4. The number of nitrogens with zero attached hydrogens (tertiary/aromatic N) is 4. The third-order valence-corrected chi connectivity index (χ3v) is 3.28. The molecular weight excluding hydrogens is 300 g/mol. The number of rotatable bonds is 9. The van der Waals surface area contributed by atoms with Crippen LogP contribution in [-0.2, 0) is 19.2 Å². The van der Waals surface area contributed by atoms with E-state index in [-0.39, 0.29) is 49.7 Å². The minimum Gasteiger partial charge on any atom is -0.337 e. The highest BCUT2D eigenvalue weighted by Gasteiger charge is 2.20. The first-order valence-corrected chi connectivity index (χ1v) is 7.46. The zero-order valence-corrected chi connectivity index (χ0v) is 15.0. The highest BCUT2D eigenvalue weighted by atomic mass is 16.2. The van der Waals surface area contributed by atoms with Crippen LogP contribution in [0.1, 0.15) is 13.3 Å². The standard InChI is InChI=1S/C15H28N4O4/c1-7-12(20)8-17(4)14(22)10-19(6)15(23)11-18(5)13(21)9-16(2)3/h7-11H2,1-6H3. The topological polar surface area (TPSA) is 81.2 Å². The van der Waals surface area contributed by atoms with E-state index >= 15 is 0 Å². The molecule has 0 heterocycles. The Morgan fingerprint density at radius 1 is 0.609 bits per heavy atom. The van der Waals surface area contributed by atoms with E-state index in [1.165, 1.54) is 28.8 Å². The molecule has 0 unspecified atom stereocenters. The van der Waals surface area contributed by atoms with Crippen LogP contribution in [0.3, 0.4) is 0 Å². The van der Waals surface area contributed by atoms with Crippen molar-refractivity contribution in [1.29, 1.82) is 0 Å². The van der Waals surface area contributed by atoms with Crippen molar-refractivity contribution in [2.75, 3.05) is 61.4 Å².